The number of ether oxygens (including phenoxy) is 2. The van der Waals surface area contributed by atoms with Gasteiger partial charge >= 0.3 is 0 Å². The minimum Gasteiger partial charge on any atom is -0.497 e. The molecule has 0 radical (unpaired) electrons. The van der Waals surface area contributed by atoms with E-state index in [1.54, 1.807) is 41.6 Å². The van der Waals surface area contributed by atoms with Crippen molar-refractivity contribution in [1.29, 1.82) is 0 Å². The highest BCUT2D eigenvalue weighted by molar-refractivity contribution is 7.99. The van der Waals surface area contributed by atoms with Crippen molar-refractivity contribution >= 4 is 51.4 Å². The lowest BCUT2D eigenvalue weighted by Gasteiger charge is -2.18. The quantitative estimate of drug-likeness (QED) is 0.161. The average molecular weight is 542 g/mol. The van der Waals surface area contributed by atoms with Crippen LogP contribution in [0.15, 0.2) is 52.4 Å². The van der Waals surface area contributed by atoms with E-state index in [-0.39, 0.29) is 17.1 Å². The number of Topliss-reactive ketones (excluding diaryl/α,β-unsaturated/α-hetero) is 1. The van der Waals surface area contributed by atoms with E-state index in [2.05, 4.69) is 0 Å². The number of ketones is 1. The van der Waals surface area contributed by atoms with Gasteiger partial charge < -0.3 is 9.47 Å². The standard InChI is InChI=1S/C26H27N3O4S3/c1-15-9-7-8-10-17(15)29-23(31)21-22(27-24(29)35-14-20(30)26(2,3)4)28(25(34)36-21)18-13-16(32-5)11-12-19(18)33-6/h7-13H,14H2,1-6H3. The molecule has 0 bridgehead atoms. The second kappa shape index (κ2) is 10.2. The molecule has 36 heavy (non-hydrogen) atoms. The lowest BCUT2D eigenvalue weighted by atomic mass is 9.92. The van der Waals surface area contributed by atoms with Crippen LogP contribution in [0.1, 0.15) is 26.3 Å². The Kier molecular flexibility index (Phi) is 7.40. The zero-order chi connectivity index (χ0) is 26.2. The van der Waals surface area contributed by atoms with Crippen LogP contribution in [0, 0.1) is 16.3 Å². The van der Waals surface area contributed by atoms with E-state index in [0.717, 1.165) is 5.56 Å². The van der Waals surface area contributed by atoms with Gasteiger partial charge in [0.15, 0.2) is 14.8 Å². The third-order valence-corrected chi connectivity index (χ3v) is 8.02. The topological polar surface area (TPSA) is 75.3 Å². The van der Waals surface area contributed by atoms with E-state index < -0.39 is 5.41 Å². The number of carbonyl (C=O) groups is 1. The predicted molar refractivity (Wildman–Crippen MR) is 148 cm³/mol. The Labute approximate surface area is 222 Å². The van der Waals surface area contributed by atoms with Crippen LogP contribution in [-0.2, 0) is 4.79 Å². The van der Waals surface area contributed by atoms with Crippen LogP contribution in [0.5, 0.6) is 11.5 Å². The Morgan fingerprint density at radius 2 is 1.81 bits per heavy atom. The molecule has 0 aliphatic rings. The summed E-state index contributed by atoms with van der Waals surface area (Å²) < 4.78 is 15.2. The summed E-state index contributed by atoms with van der Waals surface area (Å²) in [6.45, 7) is 7.58. The van der Waals surface area contributed by atoms with Crippen LogP contribution in [-0.4, -0.2) is 39.9 Å². The molecule has 2 heterocycles. The maximum absolute atomic E-state index is 13.9. The molecule has 0 unspecified atom stereocenters. The van der Waals surface area contributed by atoms with Gasteiger partial charge in [-0.05, 0) is 42.9 Å². The van der Waals surface area contributed by atoms with E-state index >= 15 is 0 Å². The largest absolute Gasteiger partial charge is 0.497 e. The summed E-state index contributed by atoms with van der Waals surface area (Å²) in [5.41, 5.74) is 1.92. The first-order valence-electron chi connectivity index (χ1n) is 11.2. The van der Waals surface area contributed by atoms with Crippen molar-refractivity contribution < 1.29 is 14.3 Å². The SMILES string of the molecule is COc1ccc(OC)c(-n2c(=S)sc3c(=O)n(-c4ccccc4C)c(SCC(=O)C(C)(C)C)nc32)c1. The van der Waals surface area contributed by atoms with Gasteiger partial charge in [-0.2, -0.15) is 0 Å². The molecular weight excluding hydrogens is 515 g/mol. The van der Waals surface area contributed by atoms with Gasteiger partial charge in [-0.1, -0.05) is 62.1 Å². The molecule has 0 aliphatic carbocycles. The van der Waals surface area contributed by atoms with Crippen LogP contribution >= 0.6 is 35.3 Å². The second-order valence-corrected chi connectivity index (χ2v) is 11.8. The fourth-order valence-electron chi connectivity index (χ4n) is 3.59. The first-order valence-corrected chi connectivity index (χ1v) is 13.4. The number of thioether (sulfide) groups is 1. The van der Waals surface area contributed by atoms with Crippen molar-refractivity contribution in [3.05, 3.63) is 62.3 Å². The maximum Gasteiger partial charge on any atom is 0.278 e. The molecule has 10 heteroatoms. The molecule has 0 N–H and O–H groups in total. The van der Waals surface area contributed by atoms with E-state index in [1.165, 1.54) is 23.1 Å². The highest BCUT2D eigenvalue weighted by atomic mass is 32.2. The maximum atomic E-state index is 13.9. The number of aromatic nitrogens is 3. The fourth-order valence-corrected chi connectivity index (χ4v) is 6.04. The Balaban J connectivity index is 2.02. The van der Waals surface area contributed by atoms with Crippen LogP contribution in [0.4, 0.5) is 0 Å². The van der Waals surface area contributed by atoms with Gasteiger partial charge in [0, 0.05) is 11.5 Å². The molecule has 0 saturated heterocycles. The van der Waals surface area contributed by atoms with Crippen molar-refractivity contribution in [2.24, 2.45) is 5.41 Å². The minimum absolute atomic E-state index is 0.0646. The predicted octanol–water partition coefficient (Wildman–Crippen LogP) is 6.00. The number of fused-ring (bicyclic) bond motifs is 1. The molecule has 0 saturated carbocycles. The van der Waals surface area contributed by atoms with E-state index in [9.17, 15) is 9.59 Å². The molecule has 0 atom stereocenters. The minimum atomic E-state index is -0.505. The second-order valence-electron chi connectivity index (χ2n) is 9.18. The molecule has 0 fully saturated rings. The highest BCUT2D eigenvalue weighted by Gasteiger charge is 2.25. The van der Waals surface area contributed by atoms with Gasteiger partial charge in [0.1, 0.15) is 22.0 Å². The number of nitrogens with zero attached hydrogens (tertiary/aromatic N) is 3. The summed E-state index contributed by atoms with van der Waals surface area (Å²) in [6, 6.07) is 13.0. The number of hydrogen-bond donors (Lipinski definition) is 0. The Bertz CT molecular complexity index is 1580. The number of aryl methyl sites for hydroxylation is 1. The van der Waals surface area contributed by atoms with Gasteiger partial charge in [0.2, 0.25) is 0 Å². The first kappa shape index (κ1) is 26.1. The number of hydrogen-bond acceptors (Lipinski definition) is 8. The zero-order valence-corrected chi connectivity index (χ0v) is 23.4. The third kappa shape index (κ3) is 4.85. The molecule has 188 valence electrons. The van der Waals surface area contributed by atoms with Gasteiger partial charge in [0.05, 0.1) is 31.3 Å². The van der Waals surface area contributed by atoms with E-state index in [0.29, 0.717) is 42.3 Å². The van der Waals surface area contributed by atoms with Crippen molar-refractivity contribution in [1.82, 2.24) is 14.1 Å². The molecule has 4 rings (SSSR count). The molecule has 0 spiro atoms. The summed E-state index contributed by atoms with van der Waals surface area (Å²) in [5.74, 6) is 1.43. The van der Waals surface area contributed by atoms with Crippen molar-refractivity contribution in [2.45, 2.75) is 32.9 Å². The summed E-state index contributed by atoms with van der Waals surface area (Å²) in [4.78, 5) is 31.6. The molecular formula is C26H27N3O4S3. The third-order valence-electron chi connectivity index (χ3n) is 5.73. The lowest BCUT2D eigenvalue weighted by Crippen LogP contribution is -2.25. The normalized spacial score (nSPS) is 11.6. The smallest absolute Gasteiger partial charge is 0.278 e. The summed E-state index contributed by atoms with van der Waals surface area (Å²) >= 11 is 8.14. The Morgan fingerprint density at radius 3 is 2.44 bits per heavy atom. The number of carbonyl (C=O) groups excluding carboxylic acids is 1. The van der Waals surface area contributed by atoms with Crippen LogP contribution < -0.4 is 15.0 Å². The highest BCUT2D eigenvalue weighted by Crippen LogP contribution is 2.34. The van der Waals surface area contributed by atoms with Crippen molar-refractivity contribution in [3.8, 4) is 22.9 Å². The van der Waals surface area contributed by atoms with Gasteiger partial charge in [0.25, 0.3) is 5.56 Å². The lowest BCUT2D eigenvalue weighted by molar-refractivity contribution is -0.123. The van der Waals surface area contributed by atoms with Gasteiger partial charge in [-0.3, -0.25) is 18.7 Å². The van der Waals surface area contributed by atoms with Gasteiger partial charge in [-0.25, -0.2) is 4.98 Å². The number of rotatable bonds is 7. The number of thiazole rings is 1. The van der Waals surface area contributed by atoms with Crippen molar-refractivity contribution in [2.75, 3.05) is 20.0 Å². The fraction of sp³-hybridized carbons (Fsp3) is 0.308. The molecule has 7 nitrogen and oxygen atoms in total. The van der Waals surface area contributed by atoms with E-state index in [1.807, 2.05) is 52.0 Å². The van der Waals surface area contributed by atoms with E-state index in [4.69, 9.17) is 26.7 Å². The van der Waals surface area contributed by atoms with Crippen LogP contribution in [0.25, 0.3) is 21.7 Å². The average Bonchev–Trinajstić information content (AvgIpc) is 3.18. The monoisotopic (exact) mass is 541 g/mol. The molecule has 0 amide bonds. The molecule has 4 aromatic rings. The number of benzene rings is 2. The van der Waals surface area contributed by atoms with Crippen LogP contribution in [0.3, 0.4) is 0 Å². The van der Waals surface area contributed by atoms with Crippen LogP contribution in [0.2, 0.25) is 0 Å². The van der Waals surface area contributed by atoms with Crippen molar-refractivity contribution in [3.63, 3.8) is 0 Å². The number of para-hydroxylation sites is 1. The summed E-state index contributed by atoms with van der Waals surface area (Å²) in [7, 11) is 3.15. The Hall–Kier alpha value is -2.95. The molecule has 2 aromatic heterocycles. The van der Waals surface area contributed by atoms with Gasteiger partial charge in [-0.15, -0.1) is 0 Å². The molecule has 0 aliphatic heterocycles. The Morgan fingerprint density at radius 1 is 1.08 bits per heavy atom. The first-order chi connectivity index (χ1) is 17.1. The summed E-state index contributed by atoms with van der Waals surface area (Å²) in [5, 5.41) is 0.419. The number of methoxy groups -OCH3 is 2. The zero-order valence-electron chi connectivity index (χ0n) is 20.9. The molecule has 2 aromatic carbocycles. The summed E-state index contributed by atoms with van der Waals surface area (Å²) in [6.07, 6.45) is 0.